The van der Waals surface area contributed by atoms with Gasteiger partial charge in [0.15, 0.2) is 9.84 Å². The summed E-state index contributed by atoms with van der Waals surface area (Å²) >= 11 is 0. The average molecular weight is 283 g/mol. The minimum atomic E-state index is -3.24. The van der Waals surface area contributed by atoms with Crippen molar-refractivity contribution < 1.29 is 8.42 Å². The van der Waals surface area contributed by atoms with Crippen LogP contribution in [0.25, 0.3) is 0 Å². The summed E-state index contributed by atoms with van der Waals surface area (Å²) in [7, 11) is -1.35. The van der Waals surface area contributed by atoms with Crippen LogP contribution in [0, 0.1) is 0 Å². The lowest BCUT2D eigenvalue weighted by atomic mass is 10.0. The van der Waals surface area contributed by atoms with Crippen LogP contribution >= 0.6 is 0 Å². The summed E-state index contributed by atoms with van der Waals surface area (Å²) in [5, 5.41) is 3.46. The molecule has 1 N–H and O–H groups in total. The molecule has 1 atom stereocenters. The molecule has 0 spiro atoms. The third-order valence-corrected chi connectivity index (χ3v) is 4.54. The molecular weight excluding hydrogens is 262 g/mol. The van der Waals surface area contributed by atoms with Crippen LogP contribution < -0.4 is 10.2 Å². The molecule has 1 unspecified atom stereocenters. The van der Waals surface area contributed by atoms with Gasteiger partial charge < -0.3 is 10.2 Å². The van der Waals surface area contributed by atoms with Crippen LogP contribution in [0.2, 0.25) is 0 Å². The Balaban J connectivity index is 2.16. The molecule has 1 saturated heterocycles. The SMILES string of the molecule is CN(CC1CCCCN1)c1ncccc1S(C)(=O)=O. The highest BCUT2D eigenvalue weighted by atomic mass is 32.2. The molecule has 0 aliphatic carbocycles. The van der Waals surface area contributed by atoms with Gasteiger partial charge in [-0.15, -0.1) is 0 Å². The van der Waals surface area contributed by atoms with E-state index in [0.29, 0.717) is 16.8 Å². The van der Waals surface area contributed by atoms with Crippen molar-refractivity contribution in [1.82, 2.24) is 10.3 Å². The predicted molar refractivity (Wildman–Crippen MR) is 76.3 cm³/mol. The molecule has 0 saturated carbocycles. The van der Waals surface area contributed by atoms with Gasteiger partial charge >= 0.3 is 0 Å². The Hall–Kier alpha value is -1.14. The Labute approximate surface area is 114 Å². The number of likely N-dealkylation sites (N-methyl/N-ethyl adjacent to an activating group) is 1. The van der Waals surface area contributed by atoms with Crippen molar-refractivity contribution in [1.29, 1.82) is 0 Å². The van der Waals surface area contributed by atoms with Gasteiger partial charge in [-0.1, -0.05) is 6.42 Å². The molecular formula is C13H21N3O2S. The van der Waals surface area contributed by atoms with E-state index in [2.05, 4.69) is 10.3 Å². The van der Waals surface area contributed by atoms with E-state index in [0.717, 1.165) is 19.5 Å². The zero-order valence-electron chi connectivity index (χ0n) is 11.5. The van der Waals surface area contributed by atoms with Gasteiger partial charge in [-0.05, 0) is 31.5 Å². The minimum Gasteiger partial charge on any atom is -0.357 e. The summed E-state index contributed by atoms with van der Waals surface area (Å²) in [5.41, 5.74) is 0. The second-order valence-corrected chi connectivity index (χ2v) is 7.11. The van der Waals surface area contributed by atoms with Crippen LogP contribution in [0.4, 0.5) is 5.82 Å². The fourth-order valence-corrected chi connectivity index (χ4v) is 3.32. The number of hydrogen-bond acceptors (Lipinski definition) is 5. The highest BCUT2D eigenvalue weighted by Crippen LogP contribution is 2.22. The summed E-state index contributed by atoms with van der Waals surface area (Å²) < 4.78 is 23.5. The zero-order valence-corrected chi connectivity index (χ0v) is 12.3. The lowest BCUT2D eigenvalue weighted by Crippen LogP contribution is -2.43. The summed E-state index contributed by atoms with van der Waals surface area (Å²) in [4.78, 5) is 6.46. The van der Waals surface area contributed by atoms with E-state index in [1.165, 1.54) is 19.1 Å². The molecule has 1 aliphatic heterocycles. The standard InChI is InChI=1S/C13H21N3O2S/c1-16(10-11-6-3-4-8-14-11)13-12(19(2,17)18)7-5-9-15-13/h5,7,9,11,14H,3-4,6,8,10H2,1-2H3. The molecule has 19 heavy (non-hydrogen) atoms. The maximum atomic E-state index is 11.8. The Kier molecular flexibility index (Phi) is 4.42. The van der Waals surface area contributed by atoms with Gasteiger partial charge in [0.25, 0.3) is 0 Å². The van der Waals surface area contributed by atoms with Gasteiger partial charge in [-0.2, -0.15) is 0 Å². The molecule has 0 aromatic carbocycles. The largest absolute Gasteiger partial charge is 0.357 e. The molecule has 1 aromatic heterocycles. The van der Waals surface area contributed by atoms with Crippen LogP contribution in [0.1, 0.15) is 19.3 Å². The topological polar surface area (TPSA) is 62.3 Å². The van der Waals surface area contributed by atoms with E-state index in [-0.39, 0.29) is 0 Å². The number of sulfone groups is 1. The van der Waals surface area contributed by atoms with E-state index in [4.69, 9.17) is 0 Å². The van der Waals surface area contributed by atoms with Crippen molar-refractivity contribution in [3.05, 3.63) is 18.3 Å². The number of anilines is 1. The van der Waals surface area contributed by atoms with E-state index >= 15 is 0 Å². The molecule has 1 aliphatic rings. The molecule has 2 rings (SSSR count). The molecule has 0 radical (unpaired) electrons. The lowest BCUT2D eigenvalue weighted by molar-refractivity contribution is 0.402. The van der Waals surface area contributed by atoms with Crippen LogP contribution in [0.5, 0.6) is 0 Å². The first-order valence-corrected chi connectivity index (χ1v) is 8.47. The molecule has 106 valence electrons. The number of rotatable bonds is 4. The Bertz CT molecular complexity index is 524. The van der Waals surface area contributed by atoms with Crippen molar-refractivity contribution in [2.24, 2.45) is 0 Å². The van der Waals surface area contributed by atoms with E-state index < -0.39 is 9.84 Å². The lowest BCUT2D eigenvalue weighted by Gasteiger charge is -2.29. The molecule has 0 amide bonds. The van der Waals surface area contributed by atoms with Crippen LogP contribution in [0.15, 0.2) is 23.2 Å². The first-order chi connectivity index (χ1) is 8.98. The summed E-state index contributed by atoms with van der Waals surface area (Å²) in [6.07, 6.45) is 6.44. The number of pyridine rings is 1. The number of hydrogen-bond donors (Lipinski definition) is 1. The van der Waals surface area contributed by atoms with Crippen molar-refractivity contribution in [2.45, 2.75) is 30.2 Å². The number of aromatic nitrogens is 1. The van der Waals surface area contributed by atoms with Gasteiger partial charge in [0.1, 0.15) is 10.7 Å². The smallest absolute Gasteiger partial charge is 0.179 e. The third kappa shape index (κ3) is 3.67. The van der Waals surface area contributed by atoms with Gasteiger partial charge in [-0.25, -0.2) is 13.4 Å². The predicted octanol–water partition coefficient (Wildman–Crippen LogP) is 1.06. The summed E-state index contributed by atoms with van der Waals surface area (Å²) in [5.74, 6) is 0.539. The molecule has 5 nitrogen and oxygen atoms in total. The highest BCUT2D eigenvalue weighted by molar-refractivity contribution is 7.90. The van der Waals surface area contributed by atoms with Crippen molar-refractivity contribution >= 4 is 15.7 Å². The number of nitrogens with one attached hydrogen (secondary N) is 1. The minimum absolute atomic E-state index is 0.299. The monoisotopic (exact) mass is 283 g/mol. The number of piperidine rings is 1. The first kappa shape index (κ1) is 14.3. The van der Waals surface area contributed by atoms with Crippen LogP contribution in [-0.4, -0.2) is 45.8 Å². The zero-order chi connectivity index (χ0) is 13.9. The fraction of sp³-hybridized carbons (Fsp3) is 0.615. The first-order valence-electron chi connectivity index (χ1n) is 6.58. The molecule has 6 heteroatoms. The third-order valence-electron chi connectivity index (χ3n) is 3.42. The normalized spacial score (nSPS) is 20.2. The Morgan fingerprint density at radius 3 is 2.89 bits per heavy atom. The molecule has 1 aromatic rings. The summed E-state index contributed by atoms with van der Waals surface area (Å²) in [6, 6.07) is 3.68. The fourth-order valence-electron chi connectivity index (χ4n) is 2.46. The maximum Gasteiger partial charge on any atom is 0.179 e. The molecule has 2 heterocycles. The second kappa shape index (κ2) is 5.88. The van der Waals surface area contributed by atoms with Gasteiger partial charge in [0.05, 0.1) is 0 Å². The van der Waals surface area contributed by atoms with E-state index in [1.807, 2.05) is 11.9 Å². The summed E-state index contributed by atoms with van der Waals surface area (Å²) in [6.45, 7) is 1.82. The number of nitrogens with zero attached hydrogens (tertiary/aromatic N) is 2. The van der Waals surface area contributed by atoms with Gasteiger partial charge in [0, 0.05) is 32.1 Å². The van der Waals surface area contributed by atoms with E-state index in [9.17, 15) is 8.42 Å². The van der Waals surface area contributed by atoms with Gasteiger partial charge in [-0.3, -0.25) is 0 Å². The van der Waals surface area contributed by atoms with Crippen molar-refractivity contribution in [2.75, 3.05) is 31.3 Å². The van der Waals surface area contributed by atoms with E-state index in [1.54, 1.807) is 18.3 Å². The van der Waals surface area contributed by atoms with Crippen molar-refractivity contribution in [3.8, 4) is 0 Å². The highest BCUT2D eigenvalue weighted by Gasteiger charge is 2.20. The molecule has 0 bridgehead atoms. The Morgan fingerprint density at radius 1 is 1.47 bits per heavy atom. The quantitative estimate of drug-likeness (QED) is 0.895. The van der Waals surface area contributed by atoms with Crippen LogP contribution in [-0.2, 0) is 9.84 Å². The Morgan fingerprint density at radius 2 is 2.26 bits per heavy atom. The average Bonchev–Trinajstić information content (AvgIpc) is 2.39. The maximum absolute atomic E-state index is 11.8. The van der Waals surface area contributed by atoms with Gasteiger partial charge in [0.2, 0.25) is 0 Å². The van der Waals surface area contributed by atoms with Crippen molar-refractivity contribution in [3.63, 3.8) is 0 Å². The molecule has 1 fully saturated rings. The second-order valence-electron chi connectivity index (χ2n) is 5.12. The van der Waals surface area contributed by atoms with Crippen LogP contribution in [0.3, 0.4) is 0 Å².